The van der Waals surface area contributed by atoms with E-state index in [-0.39, 0.29) is 6.04 Å². The molecule has 0 atom stereocenters. The fraction of sp³-hybridized carbons (Fsp3) is 0.280. The van der Waals surface area contributed by atoms with Gasteiger partial charge in [-0.15, -0.1) is 0 Å². The van der Waals surface area contributed by atoms with Gasteiger partial charge in [-0.25, -0.2) is 8.42 Å². The van der Waals surface area contributed by atoms with Gasteiger partial charge in [-0.1, -0.05) is 66.7 Å². The van der Waals surface area contributed by atoms with Gasteiger partial charge in [0.15, 0.2) is 0 Å². The predicted octanol–water partition coefficient (Wildman–Crippen LogP) is 4.50. The Balaban J connectivity index is 1.36. The van der Waals surface area contributed by atoms with E-state index in [2.05, 4.69) is 23.1 Å². The van der Waals surface area contributed by atoms with Crippen molar-refractivity contribution in [3.63, 3.8) is 0 Å². The number of fused-ring (bicyclic) bond motifs is 1. The number of rotatable bonds is 4. The molecule has 2 aliphatic heterocycles. The Bertz CT molecular complexity index is 1160. The minimum atomic E-state index is -3.57. The molecule has 3 aromatic carbocycles. The van der Waals surface area contributed by atoms with E-state index in [0.29, 0.717) is 31.3 Å². The fourth-order valence-corrected chi connectivity index (χ4v) is 6.30. The molecule has 2 heterocycles. The summed E-state index contributed by atoms with van der Waals surface area (Å²) in [6.07, 6.45) is 1.56. The maximum Gasteiger partial charge on any atom is 0.243 e. The third kappa shape index (κ3) is 3.87. The Hall–Kier alpha value is -2.67. The van der Waals surface area contributed by atoms with Crippen LogP contribution >= 0.6 is 0 Å². The minimum Gasteiger partial charge on any atom is -0.356 e. The number of benzene rings is 3. The maximum absolute atomic E-state index is 13.6. The van der Waals surface area contributed by atoms with Gasteiger partial charge < -0.3 is 9.64 Å². The highest BCUT2D eigenvalue weighted by Gasteiger charge is 2.34. The molecule has 0 bridgehead atoms. The third-order valence-electron chi connectivity index (χ3n) is 6.24. The molecule has 5 rings (SSSR count). The molecule has 0 saturated carbocycles. The molecule has 0 aliphatic carbocycles. The Labute approximate surface area is 183 Å². The van der Waals surface area contributed by atoms with Crippen molar-refractivity contribution in [1.29, 1.82) is 0 Å². The first-order valence-electron chi connectivity index (χ1n) is 10.7. The average molecular weight is 435 g/mol. The summed E-state index contributed by atoms with van der Waals surface area (Å²) in [4.78, 5) is 2.67. The Kier molecular flexibility index (Phi) is 5.52. The van der Waals surface area contributed by atoms with Crippen LogP contribution in [0.3, 0.4) is 0 Å². The Morgan fingerprint density at radius 3 is 2.29 bits per heavy atom. The lowest BCUT2D eigenvalue weighted by molar-refractivity contribution is 0.0988. The van der Waals surface area contributed by atoms with Crippen molar-refractivity contribution in [2.75, 3.05) is 24.7 Å². The predicted molar refractivity (Wildman–Crippen MR) is 122 cm³/mol. The topological polar surface area (TPSA) is 49.9 Å². The summed E-state index contributed by atoms with van der Waals surface area (Å²) < 4.78 is 34.5. The van der Waals surface area contributed by atoms with Crippen molar-refractivity contribution in [3.05, 3.63) is 84.4 Å². The van der Waals surface area contributed by atoms with Gasteiger partial charge in [0.05, 0.1) is 11.5 Å². The zero-order valence-electron chi connectivity index (χ0n) is 17.4. The maximum atomic E-state index is 13.6. The molecule has 0 aromatic heterocycles. The second kappa shape index (κ2) is 8.46. The SMILES string of the molecule is O=S(=O)(c1ccccc1-c1ccccc1)N1CCC(N2COCc3ccccc32)CC1. The van der Waals surface area contributed by atoms with Crippen LogP contribution in [0.4, 0.5) is 5.69 Å². The summed E-state index contributed by atoms with van der Waals surface area (Å²) in [6.45, 7) is 2.21. The van der Waals surface area contributed by atoms with E-state index < -0.39 is 10.0 Å². The van der Waals surface area contributed by atoms with Crippen LogP contribution in [-0.2, 0) is 21.4 Å². The zero-order chi connectivity index (χ0) is 21.3. The van der Waals surface area contributed by atoms with E-state index in [4.69, 9.17) is 4.74 Å². The summed E-state index contributed by atoms with van der Waals surface area (Å²) in [5, 5.41) is 0. The van der Waals surface area contributed by atoms with E-state index in [9.17, 15) is 8.42 Å². The standard InChI is InChI=1S/C25H26N2O3S/c28-31(29,25-13-7-5-11-23(25)20-8-2-1-3-9-20)26-16-14-22(15-17-26)27-19-30-18-21-10-4-6-12-24(21)27/h1-13,22H,14-19H2. The van der Waals surface area contributed by atoms with Crippen molar-refractivity contribution in [1.82, 2.24) is 4.31 Å². The zero-order valence-corrected chi connectivity index (χ0v) is 18.2. The Morgan fingerprint density at radius 1 is 0.806 bits per heavy atom. The smallest absolute Gasteiger partial charge is 0.243 e. The summed E-state index contributed by atoms with van der Waals surface area (Å²) in [5.41, 5.74) is 4.08. The van der Waals surface area contributed by atoms with Crippen molar-refractivity contribution in [2.45, 2.75) is 30.4 Å². The van der Waals surface area contributed by atoms with Crippen LogP contribution in [0.2, 0.25) is 0 Å². The van der Waals surface area contributed by atoms with E-state index in [1.165, 1.54) is 11.3 Å². The van der Waals surface area contributed by atoms with Gasteiger partial charge in [-0.2, -0.15) is 4.31 Å². The number of para-hydroxylation sites is 1. The average Bonchev–Trinajstić information content (AvgIpc) is 2.84. The molecule has 0 amide bonds. The van der Waals surface area contributed by atoms with Crippen molar-refractivity contribution >= 4 is 15.7 Å². The summed E-state index contributed by atoms with van der Waals surface area (Å²) in [6, 6.07) is 25.6. The molecule has 31 heavy (non-hydrogen) atoms. The first-order chi connectivity index (χ1) is 15.1. The highest BCUT2D eigenvalue weighted by molar-refractivity contribution is 7.89. The van der Waals surface area contributed by atoms with Crippen LogP contribution in [-0.4, -0.2) is 38.6 Å². The van der Waals surface area contributed by atoms with Crippen LogP contribution in [0.25, 0.3) is 11.1 Å². The summed E-state index contributed by atoms with van der Waals surface area (Å²) in [7, 11) is -3.57. The molecule has 0 spiro atoms. The highest BCUT2D eigenvalue weighted by Crippen LogP contribution is 2.34. The largest absolute Gasteiger partial charge is 0.356 e. The monoisotopic (exact) mass is 434 g/mol. The molecule has 3 aromatic rings. The quantitative estimate of drug-likeness (QED) is 0.607. The third-order valence-corrected chi connectivity index (χ3v) is 8.20. The number of hydrogen-bond donors (Lipinski definition) is 0. The number of sulfonamides is 1. The molecule has 0 unspecified atom stereocenters. The second-order valence-electron chi connectivity index (χ2n) is 8.07. The van der Waals surface area contributed by atoms with Crippen LogP contribution < -0.4 is 4.90 Å². The van der Waals surface area contributed by atoms with E-state index in [1.54, 1.807) is 16.4 Å². The van der Waals surface area contributed by atoms with Gasteiger partial charge in [0.25, 0.3) is 0 Å². The van der Waals surface area contributed by atoms with Crippen LogP contribution in [0.1, 0.15) is 18.4 Å². The summed E-state index contributed by atoms with van der Waals surface area (Å²) >= 11 is 0. The van der Waals surface area contributed by atoms with E-state index in [0.717, 1.165) is 24.0 Å². The normalized spacial score (nSPS) is 18.0. The van der Waals surface area contributed by atoms with E-state index in [1.807, 2.05) is 48.5 Å². The molecule has 5 nitrogen and oxygen atoms in total. The van der Waals surface area contributed by atoms with E-state index >= 15 is 0 Å². The molecular weight excluding hydrogens is 408 g/mol. The summed E-state index contributed by atoms with van der Waals surface area (Å²) in [5.74, 6) is 0. The second-order valence-corrected chi connectivity index (χ2v) is 9.98. The van der Waals surface area contributed by atoms with Crippen LogP contribution in [0.5, 0.6) is 0 Å². The molecule has 1 saturated heterocycles. The number of ether oxygens (including phenoxy) is 1. The fourth-order valence-electron chi connectivity index (χ4n) is 4.62. The van der Waals surface area contributed by atoms with Gasteiger partial charge in [-0.05, 0) is 30.5 Å². The van der Waals surface area contributed by atoms with Gasteiger partial charge in [0, 0.05) is 35.9 Å². The number of nitrogens with zero attached hydrogens (tertiary/aromatic N) is 2. The molecule has 0 radical (unpaired) electrons. The highest BCUT2D eigenvalue weighted by atomic mass is 32.2. The lowest BCUT2D eigenvalue weighted by Gasteiger charge is -2.41. The van der Waals surface area contributed by atoms with Crippen LogP contribution in [0, 0.1) is 0 Å². The molecular formula is C25H26N2O3S. The van der Waals surface area contributed by atoms with Crippen LogP contribution in [0.15, 0.2) is 83.8 Å². The van der Waals surface area contributed by atoms with Crippen molar-refractivity contribution in [2.24, 2.45) is 0 Å². The van der Waals surface area contributed by atoms with Gasteiger partial charge in [0.2, 0.25) is 10.0 Å². The number of piperidine rings is 1. The first kappa shape index (κ1) is 20.2. The Morgan fingerprint density at radius 2 is 1.48 bits per heavy atom. The van der Waals surface area contributed by atoms with Gasteiger partial charge in [-0.3, -0.25) is 0 Å². The lowest BCUT2D eigenvalue weighted by Crippen LogP contribution is -2.48. The van der Waals surface area contributed by atoms with Gasteiger partial charge >= 0.3 is 0 Å². The van der Waals surface area contributed by atoms with Crippen molar-refractivity contribution in [3.8, 4) is 11.1 Å². The minimum absolute atomic E-state index is 0.275. The first-order valence-corrected chi connectivity index (χ1v) is 12.2. The van der Waals surface area contributed by atoms with Gasteiger partial charge in [0.1, 0.15) is 6.73 Å². The number of anilines is 1. The van der Waals surface area contributed by atoms with Crippen molar-refractivity contribution < 1.29 is 13.2 Å². The molecule has 1 fully saturated rings. The molecule has 2 aliphatic rings. The molecule has 0 N–H and O–H groups in total. The lowest BCUT2D eigenvalue weighted by atomic mass is 10.0. The molecule has 6 heteroatoms. The number of hydrogen-bond acceptors (Lipinski definition) is 4. The molecule has 160 valence electrons.